The zero-order valence-corrected chi connectivity index (χ0v) is 6.82. The van der Waals surface area contributed by atoms with Gasteiger partial charge in [-0.3, -0.25) is 4.98 Å². The van der Waals surface area contributed by atoms with Crippen LogP contribution < -0.4 is 0 Å². The number of nitriles is 1. The summed E-state index contributed by atoms with van der Waals surface area (Å²) in [6.45, 7) is 0. The quantitative estimate of drug-likeness (QED) is 0.654. The molecule has 0 spiro atoms. The molecule has 0 bridgehead atoms. The number of hydrogen-bond acceptors (Lipinski definition) is 2. The SMILES string of the molecule is N#Cc1cncc(Cl)c1C(F)(F)F. The van der Waals surface area contributed by atoms with E-state index in [0.717, 1.165) is 12.4 Å². The molecule has 0 aliphatic rings. The number of pyridine rings is 1. The van der Waals surface area contributed by atoms with Crippen LogP contribution in [0.1, 0.15) is 11.1 Å². The molecule has 1 aromatic heterocycles. The van der Waals surface area contributed by atoms with Crippen molar-refractivity contribution in [3.8, 4) is 6.07 Å². The lowest BCUT2D eigenvalue weighted by Gasteiger charge is -2.08. The maximum Gasteiger partial charge on any atom is 0.419 e. The number of aromatic nitrogens is 1. The largest absolute Gasteiger partial charge is 0.419 e. The second-order valence-electron chi connectivity index (χ2n) is 2.15. The summed E-state index contributed by atoms with van der Waals surface area (Å²) in [6.07, 6.45) is -2.94. The molecule has 0 aliphatic carbocycles. The summed E-state index contributed by atoms with van der Waals surface area (Å²) in [5, 5.41) is 7.79. The Balaban J connectivity index is 3.43. The smallest absolute Gasteiger partial charge is 0.262 e. The Morgan fingerprint density at radius 2 is 2.00 bits per heavy atom. The van der Waals surface area contributed by atoms with Crippen molar-refractivity contribution in [1.82, 2.24) is 4.98 Å². The van der Waals surface area contributed by atoms with Gasteiger partial charge in [-0.2, -0.15) is 18.4 Å². The van der Waals surface area contributed by atoms with Gasteiger partial charge in [0.2, 0.25) is 0 Å². The van der Waals surface area contributed by atoms with E-state index in [4.69, 9.17) is 16.9 Å². The Morgan fingerprint density at radius 3 is 2.38 bits per heavy atom. The minimum Gasteiger partial charge on any atom is -0.262 e. The molecule has 0 aromatic carbocycles. The lowest BCUT2D eigenvalue weighted by Crippen LogP contribution is -2.09. The molecule has 2 nitrogen and oxygen atoms in total. The zero-order chi connectivity index (χ0) is 10.1. The summed E-state index contributed by atoms with van der Waals surface area (Å²) >= 11 is 5.26. The van der Waals surface area contributed by atoms with Gasteiger partial charge in [-0.05, 0) is 0 Å². The van der Waals surface area contributed by atoms with Crippen molar-refractivity contribution in [2.75, 3.05) is 0 Å². The summed E-state index contributed by atoms with van der Waals surface area (Å²) in [6, 6.07) is 1.38. The lowest BCUT2D eigenvalue weighted by atomic mass is 10.1. The van der Waals surface area contributed by atoms with Crippen LogP contribution in [0.5, 0.6) is 0 Å². The van der Waals surface area contributed by atoms with Crippen molar-refractivity contribution in [3.05, 3.63) is 28.5 Å². The third kappa shape index (κ3) is 1.90. The van der Waals surface area contributed by atoms with Gasteiger partial charge in [-0.25, -0.2) is 0 Å². The fourth-order valence-electron chi connectivity index (χ4n) is 0.808. The molecule has 6 heteroatoms. The van der Waals surface area contributed by atoms with Gasteiger partial charge in [-0.15, -0.1) is 0 Å². The van der Waals surface area contributed by atoms with Crippen molar-refractivity contribution >= 4 is 11.6 Å². The first-order valence-electron chi connectivity index (χ1n) is 3.07. The van der Waals surface area contributed by atoms with Gasteiger partial charge in [0.1, 0.15) is 6.07 Å². The van der Waals surface area contributed by atoms with Crippen molar-refractivity contribution in [3.63, 3.8) is 0 Å². The summed E-state index contributed by atoms with van der Waals surface area (Å²) in [7, 11) is 0. The van der Waals surface area contributed by atoms with E-state index in [1.54, 1.807) is 0 Å². The number of rotatable bonds is 0. The van der Waals surface area contributed by atoms with Crippen LogP contribution in [0.15, 0.2) is 12.4 Å². The highest BCUT2D eigenvalue weighted by molar-refractivity contribution is 6.31. The first kappa shape index (κ1) is 9.81. The van der Waals surface area contributed by atoms with Gasteiger partial charge in [0, 0.05) is 12.4 Å². The third-order valence-electron chi connectivity index (χ3n) is 1.30. The zero-order valence-electron chi connectivity index (χ0n) is 6.06. The van der Waals surface area contributed by atoms with Crippen LogP contribution in [0.3, 0.4) is 0 Å². The summed E-state index contributed by atoms with van der Waals surface area (Å²) < 4.78 is 36.7. The van der Waals surface area contributed by atoms with E-state index in [1.165, 1.54) is 6.07 Å². The number of nitrogens with zero attached hydrogens (tertiary/aromatic N) is 2. The van der Waals surface area contributed by atoms with Crippen LogP contribution in [-0.4, -0.2) is 4.98 Å². The summed E-state index contributed by atoms with van der Waals surface area (Å²) in [5.41, 5.74) is -1.70. The van der Waals surface area contributed by atoms with E-state index in [2.05, 4.69) is 4.98 Å². The summed E-state index contributed by atoms with van der Waals surface area (Å²) in [5.74, 6) is 0. The fraction of sp³-hybridized carbons (Fsp3) is 0.143. The van der Waals surface area contributed by atoms with E-state index < -0.39 is 22.3 Å². The summed E-state index contributed by atoms with van der Waals surface area (Å²) in [4.78, 5) is 3.37. The Hall–Kier alpha value is -1.28. The molecule has 0 aliphatic heterocycles. The van der Waals surface area contributed by atoms with Crippen LogP contribution in [0, 0.1) is 11.3 Å². The van der Waals surface area contributed by atoms with Crippen molar-refractivity contribution in [2.24, 2.45) is 0 Å². The minimum atomic E-state index is -4.62. The monoisotopic (exact) mass is 206 g/mol. The van der Waals surface area contributed by atoms with Gasteiger partial charge in [0.05, 0.1) is 16.1 Å². The molecule has 0 N–H and O–H groups in total. The second-order valence-corrected chi connectivity index (χ2v) is 2.56. The van der Waals surface area contributed by atoms with Crippen LogP contribution in [0.4, 0.5) is 13.2 Å². The van der Waals surface area contributed by atoms with E-state index >= 15 is 0 Å². The van der Waals surface area contributed by atoms with Crippen molar-refractivity contribution in [1.29, 1.82) is 5.26 Å². The predicted octanol–water partition coefficient (Wildman–Crippen LogP) is 2.63. The molecule has 0 saturated carbocycles. The maximum absolute atomic E-state index is 12.2. The van der Waals surface area contributed by atoms with Gasteiger partial charge in [-0.1, -0.05) is 11.6 Å². The molecule has 68 valence electrons. The molecule has 0 unspecified atom stereocenters. The molecular formula is C7H2ClF3N2. The molecule has 0 amide bonds. The molecule has 0 radical (unpaired) electrons. The van der Waals surface area contributed by atoms with Gasteiger partial charge >= 0.3 is 6.18 Å². The van der Waals surface area contributed by atoms with Crippen LogP contribution in [0.2, 0.25) is 5.02 Å². The minimum absolute atomic E-state index is 0.563. The van der Waals surface area contributed by atoms with Crippen LogP contribution in [0.25, 0.3) is 0 Å². The van der Waals surface area contributed by atoms with Gasteiger partial charge in [0.25, 0.3) is 0 Å². The predicted molar refractivity (Wildman–Crippen MR) is 39.0 cm³/mol. The highest BCUT2D eigenvalue weighted by atomic mass is 35.5. The third-order valence-corrected chi connectivity index (χ3v) is 1.59. The van der Waals surface area contributed by atoms with E-state index in [1.807, 2.05) is 0 Å². The lowest BCUT2D eigenvalue weighted by molar-refractivity contribution is -0.137. The highest BCUT2D eigenvalue weighted by Gasteiger charge is 2.36. The number of alkyl halides is 3. The average Bonchev–Trinajstić information content (AvgIpc) is 2.01. The van der Waals surface area contributed by atoms with E-state index in [-0.39, 0.29) is 0 Å². The Morgan fingerprint density at radius 1 is 1.38 bits per heavy atom. The molecular weight excluding hydrogens is 205 g/mol. The van der Waals surface area contributed by atoms with Crippen molar-refractivity contribution < 1.29 is 13.2 Å². The molecule has 0 atom stereocenters. The number of hydrogen-bond donors (Lipinski definition) is 0. The van der Waals surface area contributed by atoms with Gasteiger partial charge < -0.3 is 0 Å². The molecule has 0 fully saturated rings. The Bertz CT molecular complexity index is 367. The maximum atomic E-state index is 12.2. The topological polar surface area (TPSA) is 36.7 Å². The van der Waals surface area contributed by atoms with Crippen molar-refractivity contribution in [2.45, 2.75) is 6.18 Å². The average molecular weight is 207 g/mol. The van der Waals surface area contributed by atoms with Gasteiger partial charge in [0.15, 0.2) is 0 Å². The number of halogens is 4. The van der Waals surface area contributed by atoms with Crippen LogP contribution in [-0.2, 0) is 6.18 Å². The fourth-order valence-corrected chi connectivity index (χ4v) is 1.07. The first-order chi connectivity index (χ1) is 5.96. The molecule has 1 heterocycles. The van der Waals surface area contributed by atoms with E-state index in [9.17, 15) is 13.2 Å². The Kier molecular flexibility index (Phi) is 2.43. The second kappa shape index (κ2) is 3.23. The Labute approximate surface area is 76.6 Å². The standard InChI is InChI=1S/C7H2ClF3N2/c8-5-3-13-2-4(1-12)6(5)7(9,10)11/h2-3H. The highest BCUT2D eigenvalue weighted by Crippen LogP contribution is 2.36. The molecule has 0 saturated heterocycles. The van der Waals surface area contributed by atoms with E-state index in [0.29, 0.717) is 0 Å². The first-order valence-corrected chi connectivity index (χ1v) is 3.45. The normalized spacial score (nSPS) is 11.0. The molecule has 1 rings (SSSR count). The molecule has 13 heavy (non-hydrogen) atoms. The van der Waals surface area contributed by atoms with Crippen LogP contribution >= 0.6 is 11.6 Å². The molecule has 1 aromatic rings.